The van der Waals surface area contributed by atoms with Crippen molar-refractivity contribution in [1.29, 1.82) is 0 Å². The minimum absolute atomic E-state index is 0.0754. The molecule has 1 saturated heterocycles. The average molecular weight is 307 g/mol. The first kappa shape index (κ1) is 13.8. The molecule has 0 atom stereocenters. The quantitative estimate of drug-likeness (QED) is 0.785. The lowest BCUT2D eigenvalue weighted by Gasteiger charge is -2.36. The van der Waals surface area contributed by atoms with Crippen LogP contribution in [0, 0.1) is 0 Å². The molecule has 23 heavy (non-hydrogen) atoms. The maximum atomic E-state index is 12.8. The van der Waals surface area contributed by atoms with Gasteiger partial charge in [0.1, 0.15) is 0 Å². The van der Waals surface area contributed by atoms with Crippen LogP contribution in [0.3, 0.4) is 0 Å². The normalized spacial score (nSPS) is 15.1. The van der Waals surface area contributed by atoms with Gasteiger partial charge in [0.15, 0.2) is 0 Å². The fraction of sp³-hybridized carbons (Fsp3) is 0.235. The summed E-state index contributed by atoms with van der Waals surface area (Å²) in [5.41, 5.74) is 2.77. The maximum absolute atomic E-state index is 12.8. The molecule has 0 spiro atoms. The first-order valence-corrected chi connectivity index (χ1v) is 7.69. The second-order valence-corrected chi connectivity index (χ2v) is 5.62. The Balaban J connectivity index is 1.50. The third-order valence-corrected chi connectivity index (χ3v) is 4.31. The highest BCUT2D eigenvalue weighted by atomic mass is 16.2. The van der Waals surface area contributed by atoms with E-state index in [1.54, 1.807) is 18.6 Å². The summed E-state index contributed by atoms with van der Waals surface area (Å²) in [6.45, 7) is 3.10. The highest BCUT2D eigenvalue weighted by molar-refractivity contribution is 6.06. The fourth-order valence-electron chi connectivity index (χ4n) is 3.05. The molecular weight excluding hydrogens is 290 g/mol. The Morgan fingerprint density at radius 2 is 1.83 bits per heavy atom. The van der Waals surface area contributed by atoms with Crippen molar-refractivity contribution in [2.75, 3.05) is 31.1 Å². The molecular formula is C17H17N5O. The monoisotopic (exact) mass is 307 g/mol. The van der Waals surface area contributed by atoms with E-state index in [4.69, 9.17) is 0 Å². The van der Waals surface area contributed by atoms with E-state index in [1.807, 2.05) is 35.2 Å². The number of carbonyl (C=O) groups excluding carboxylic acids is 1. The molecule has 1 fully saturated rings. The van der Waals surface area contributed by atoms with Gasteiger partial charge in [-0.2, -0.15) is 5.10 Å². The zero-order valence-corrected chi connectivity index (χ0v) is 12.6. The number of piperazine rings is 1. The Morgan fingerprint density at radius 3 is 2.61 bits per heavy atom. The molecule has 6 heteroatoms. The Kier molecular flexibility index (Phi) is 3.42. The van der Waals surface area contributed by atoms with Crippen LogP contribution >= 0.6 is 0 Å². The molecule has 0 unspecified atom stereocenters. The lowest BCUT2D eigenvalue weighted by molar-refractivity contribution is 0.0749. The Hall–Kier alpha value is -2.89. The van der Waals surface area contributed by atoms with E-state index < -0.39 is 0 Å². The number of hydrogen-bond donors (Lipinski definition) is 1. The van der Waals surface area contributed by atoms with Gasteiger partial charge < -0.3 is 9.80 Å². The van der Waals surface area contributed by atoms with Crippen LogP contribution in [-0.4, -0.2) is 52.2 Å². The molecule has 6 nitrogen and oxygen atoms in total. The van der Waals surface area contributed by atoms with Crippen molar-refractivity contribution in [3.63, 3.8) is 0 Å². The van der Waals surface area contributed by atoms with Gasteiger partial charge in [-0.15, -0.1) is 0 Å². The second kappa shape index (κ2) is 5.72. The van der Waals surface area contributed by atoms with Crippen LogP contribution in [0.2, 0.25) is 0 Å². The molecule has 1 aromatic carbocycles. The van der Waals surface area contributed by atoms with Gasteiger partial charge in [0.25, 0.3) is 5.91 Å². The molecule has 0 saturated carbocycles. The largest absolute Gasteiger partial charge is 0.368 e. The van der Waals surface area contributed by atoms with Gasteiger partial charge in [-0.25, -0.2) is 0 Å². The minimum Gasteiger partial charge on any atom is -0.368 e. The highest BCUT2D eigenvalue weighted by Gasteiger charge is 2.23. The molecule has 1 aliphatic heterocycles. The third-order valence-electron chi connectivity index (χ3n) is 4.31. The number of anilines is 1. The van der Waals surface area contributed by atoms with Gasteiger partial charge in [0.2, 0.25) is 0 Å². The van der Waals surface area contributed by atoms with E-state index in [0.29, 0.717) is 5.56 Å². The molecule has 116 valence electrons. The molecule has 1 N–H and O–H groups in total. The SMILES string of the molecule is O=C(c1cccc2[nH]ncc12)N1CCN(c2ccncc2)CC1. The van der Waals surface area contributed by atoms with Gasteiger partial charge >= 0.3 is 0 Å². The van der Waals surface area contributed by atoms with E-state index >= 15 is 0 Å². The number of fused-ring (bicyclic) bond motifs is 1. The summed E-state index contributed by atoms with van der Waals surface area (Å²) in [6, 6.07) is 9.70. The van der Waals surface area contributed by atoms with E-state index in [9.17, 15) is 4.79 Å². The molecule has 4 rings (SSSR count). The van der Waals surface area contributed by atoms with Crippen LogP contribution in [0.15, 0.2) is 48.9 Å². The van der Waals surface area contributed by atoms with Crippen molar-refractivity contribution in [2.45, 2.75) is 0 Å². The number of aromatic amines is 1. The second-order valence-electron chi connectivity index (χ2n) is 5.62. The standard InChI is InChI=1S/C17H17N5O/c23-17(14-2-1-3-16-15(14)12-19-20-16)22-10-8-21(9-11-22)13-4-6-18-7-5-13/h1-7,12H,8-11H2,(H,19,20). The van der Waals surface area contributed by atoms with Crippen molar-refractivity contribution in [3.05, 3.63) is 54.5 Å². The minimum atomic E-state index is 0.0754. The number of pyridine rings is 1. The van der Waals surface area contributed by atoms with E-state index in [1.165, 1.54) is 0 Å². The van der Waals surface area contributed by atoms with E-state index in [-0.39, 0.29) is 5.91 Å². The zero-order chi connectivity index (χ0) is 15.6. The number of nitrogens with zero attached hydrogens (tertiary/aromatic N) is 4. The van der Waals surface area contributed by atoms with Gasteiger partial charge in [0.05, 0.1) is 17.3 Å². The molecule has 3 aromatic rings. The summed E-state index contributed by atoms with van der Waals surface area (Å²) >= 11 is 0. The highest BCUT2D eigenvalue weighted by Crippen LogP contribution is 2.20. The number of benzene rings is 1. The summed E-state index contributed by atoms with van der Waals surface area (Å²) in [7, 11) is 0. The van der Waals surface area contributed by atoms with Crippen molar-refractivity contribution in [2.24, 2.45) is 0 Å². The van der Waals surface area contributed by atoms with Crippen LogP contribution in [0.4, 0.5) is 5.69 Å². The third kappa shape index (κ3) is 2.52. The Labute approximate surface area is 133 Å². The number of carbonyl (C=O) groups is 1. The molecule has 2 aromatic heterocycles. The summed E-state index contributed by atoms with van der Waals surface area (Å²) in [6.07, 6.45) is 5.31. The first-order chi connectivity index (χ1) is 11.3. The van der Waals surface area contributed by atoms with Crippen LogP contribution in [0.25, 0.3) is 10.9 Å². The summed E-state index contributed by atoms with van der Waals surface area (Å²) in [5, 5.41) is 7.83. The zero-order valence-electron chi connectivity index (χ0n) is 12.6. The van der Waals surface area contributed by atoms with Gasteiger partial charge in [-0.3, -0.25) is 14.9 Å². The predicted molar refractivity (Wildman–Crippen MR) is 88.4 cm³/mol. The van der Waals surface area contributed by atoms with Crippen molar-refractivity contribution < 1.29 is 4.79 Å². The van der Waals surface area contributed by atoms with Crippen LogP contribution < -0.4 is 4.90 Å². The van der Waals surface area contributed by atoms with Crippen LogP contribution in [-0.2, 0) is 0 Å². The number of rotatable bonds is 2. The van der Waals surface area contributed by atoms with Crippen LogP contribution in [0.1, 0.15) is 10.4 Å². The van der Waals surface area contributed by atoms with E-state index in [2.05, 4.69) is 20.1 Å². The van der Waals surface area contributed by atoms with Crippen molar-refractivity contribution >= 4 is 22.5 Å². The van der Waals surface area contributed by atoms with Gasteiger partial charge in [-0.1, -0.05) is 6.07 Å². The summed E-state index contributed by atoms with van der Waals surface area (Å²) in [5.74, 6) is 0.0754. The molecule has 1 amide bonds. The molecule has 1 aliphatic rings. The van der Waals surface area contributed by atoms with Gasteiger partial charge in [0, 0.05) is 49.6 Å². The number of nitrogens with one attached hydrogen (secondary N) is 1. The lowest BCUT2D eigenvalue weighted by Crippen LogP contribution is -2.48. The Morgan fingerprint density at radius 1 is 1.04 bits per heavy atom. The lowest BCUT2D eigenvalue weighted by atomic mass is 10.1. The Bertz CT molecular complexity index is 821. The topological polar surface area (TPSA) is 65.1 Å². The summed E-state index contributed by atoms with van der Waals surface area (Å²) < 4.78 is 0. The maximum Gasteiger partial charge on any atom is 0.254 e. The molecule has 0 aliphatic carbocycles. The van der Waals surface area contributed by atoms with Gasteiger partial charge in [-0.05, 0) is 24.3 Å². The predicted octanol–water partition coefficient (Wildman–Crippen LogP) is 1.92. The van der Waals surface area contributed by atoms with Crippen molar-refractivity contribution in [1.82, 2.24) is 20.1 Å². The van der Waals surface area contributed by atoms with Crippen molar-refractivity contribution in [3.8, 4) is 0 Å². The fourth-order valence-corrected chi connectivity index (χ4v) is 3.05. The smallest absolute Gasteiger partial charge is 0.254 e. The molecule has 0 bridgehead atoms. The summed E-state index contributed by atoms with van der Waals surface area (Å²) in [4.78, 5) is 21.1. The number of H-pyrrole nitrogens is 1. The number of hydrogen-bond acceptors (Lipinski definition) is 4. The average Bonchev–Trinajstić information content (AvgIpc) is 3.11. The number of amides is 1. The molecule has 3 heterocycles. The number of aromatic nitrogens is 3. The van der Waals surface area contributed by atoms with Crippen LogP contribution in [0.5, 0.6) is 0 Å². The first-order valence-electron chi connectivity index (χ1n) is 7.69. The van der Waals surface area contributed by atoms with E-state index in [0.717, 1.165) is 42.8 Å². The molecule has 0 radical (unpaired) electrons.